The van der Waals surface area contributed by atoms with Crippen LogP contribution in [0.2, 0.25) is 10.0 Å². The zero-order valence-corrected chi connectivity index (χ0v) is 12.6. The highest BCUT2D eigenvalue weighted by Gasteiger charge is 2.05. The summed E-state index contributed by atoms with van der Waals surface area (Å²) in [7, 11) is 0. The number of hydrogen-bond acceptors (Lipinski definition) is 1. The fourth-order valence-electron chi connectivity index (χ4n) is 2.06. The maximum absolute atomic E-state index is 6.04. The first-order valence-electron chi connectivity index (χ1n) is 6.40. The molecule has 3 heteroatoms. The van der Waals surface area contributed by atoms with Gasteiger partial charge in [0.05, 0.1) is 10.0 Å². The lowest BCUT2D eigenvalue weighted by atomic mass is 10.0. The topological polar surface area (TPSA) is 12.0 Å². The van der Waals surface area contributed by atoms with E-state index in [4.69, 9.17) is 23.2 Å². The van der Waals surface area contributed by atoms with E-state index >= 15 is 0 Å². The minimum Gasteiger partial charge on any atom is -0.310 e. The molecule has 1 nitrogen and oxygen atoms in total. The molecule has 0 aliphatic rings. The molecule has 0 saturated carbocycles. The molecule has 2 aromatic carbocycles. The van der Waals surface area contributed by atoms with E-state index in [0.717, 1.165) is 17.7 Å². The molecular formula is C16H17Cl2N. The van der Waals surface area contributed by atoms with Gasteiger partial charge in [-0.2, -0.15) is 0 Å². The van der Waals surface area contributed by atoms with E-state index in [1.165, 1.54) is 5.56 Å². The maximum Gasteiger partial charge on any atom is 0.0598 e. The lowest BCUT2D eigenvalue weighted by molar-refractivity contribution is 0.598. The average Bonchev–Trinajstić information content (AvgIpc) is 2.42. The van der Waals surface area contributed by atoms with Gasteiger partial charge in [-0.1, -0.05) is 60.5 Å². The maximum atomic E-state index is 6.04. The van der Waals surface area contributed by atoms with Crippen LogP contribution in [0, 0.1) is 0 Å². The van der Waals surface area contributed by atoms with E-state index in [-0.39, 0.29) is 0 Å². The number of hydrogen-bond donors (Lipinski definition) is 1. The molecule has 0 aromatic heterocycles. The first kappa shape index (κ1) is 14.4. The molecule has 0 heterocycles. The number of nitrogens with one attached hydrogen (secondary N) is 1. The Balaban J connectivity index is 2.24. The molecule has 0 bridgehead atoms. The Labute approximate surface area is 124 Å². The van der Waals surface area contributed by atoms with Gasteiger partial charge in [-0.05, 0) is 42.3 Å². The van der Waals surface area contributed by atoms with Crippen LogP contribution in [-0.2, 0) is 0 Å². The Morgan fingerprint density at radius 2 is 1.58 bits per heavy atom. The van der Waals surface area contributed by atoms with Crippen molar-refractivity contribution in [3.05, 3.63) is 58.1 Å². The molecule has 0 spiro atoms. The van der Waals surface area contributed by atoms with E-state index in [0.29, 0.717) is 16.1 Å². The summed E-state index contributed by atoms with van der Waals surface area (Å²) < 4.78 is 0. The van der Waals surface area contributed by atoms with Gasteiger partial charge in [0.15, 0.2) is 0 Å². The standard InChI is InChI=1S/C16H17Cl2N/c1-3-19-11(2)12-4-6-13(7-5-12)14-8-9-15(17)16(18)10-14/h4-11,19H,3H2,1-2H3. The van der Waals surface area contributed by atoms with Crippen LogP contribution in [0.1, 0.15) is 25.5 Å². The van der Waals surface area contributed by atoms with Gasteiger partial charge in [0, 0.05) is 6.04 Å². The zero-order valence-electron chi connectivity index (χ0n) is 11.1. The number of halogens is 2. The van der Waals surface area contributed by atoms with E-state index in [9.17, 15) is 0 Å². The van der Waals surface area contributed by atoms with Crippen LogP contribution in [0.15, 0.2) is 42.5 Å². The molecule has 1 unspecified atom stereocenters. The minimum absolute atomic E-state index is 0.368. The predicted molar refractivity (Wildman–Crippen MR) is 84.0 cm³/mol. The molecule has 0 amide bonds. The average molecular weight is 294 g/mol. The number of rotatable bonds is 4. The zero-order chi connectivity index (χ0) is 13.8. The molecule has 0 fully saturated rings. The summed E-state index contributed by atoms with van der Waals surface area (Å²) in [6, 6.07) is 14.6. The normalized spacial score (nSPS) is 12.4. The molecule has 0 aliphatic heterocycles. The van der Waals surface area contributed by atoms with Crippen LogP contribution in [0.4, 0.5) is 0 Å². The third kappa shape index (κ3) is 3.50. The van der Waals surface area contributed by atoms with Crippen molar-refractivity contribution in [1.82, 2.24) is 5.32 Å². The third-order valence-electron chi connectivity index (χ3n) is 3.17. The van der Waals surface area contributed by atoms with Crippen LogP contribution >= 0.6 is 23.2 Å². The second-order valence-corrected chi connectivity index (χ2v) is 5.34. The molecule has 0 aliphatic carbocycles. The molecule has 1 N–H and O–H groups in total. The van der Waals surface area contributed by atoms with Crippen molar-refractivity contribution in [3.8, 4) is 11.1 Å². The monoisotopic (exact) mass is 293 g/mol. The van der Waals surface area contributed by atoms with Crippen molar-refractivity contribution in [2.45, 2.75) is 19.9 Å². The molecule has 0 radical (unpaired) electrons. The summed E-state index contributed by atoms with van der Waals surface area (Å²) in [6.07, 6.45) is 0. The van der Waals surface area contributed by atoms with Crippen molar-refractivity contribution < 1.29 is 0 Å². The molecule has 19 heavy (non-hydrogen) atoms. The van der Waals surface area contributed by atoms with E-state index < -0.39 is 0 Å². The van der Waals surface area contributed by atoms with Gasteiger partial charge in [-0.15, -0.1) is 0 Å². The molecule has 100 valence electrons. The lowest BCUT2D eigenvalue weighted by Gasteiger charge is -2.13. The molecular weight excluding hydrogens is 277 g/mol. The van der Waals surface area contributed by atoms with E-state index in [1.54, 1.807) is 0 Å². The quantitative estimate of drug-likeness (QED) is 0.803. The largest absolute Gasteiger partial charge is 0.310 e. The summed E-state index contributed by atoms with van der Waals surface area (Å²) in [5.74, 6) is 0. The third-order valence-corrected chi connectivity index (χ3v) is 3.91. The van der Waals surface area contributed by atoms with Gasteiger partial charge >= 0.3 is 0 Å². The molecule has 0 saturated heterocycles. The fourth-order valence-corrected chi connectivity index (χ4v) is 2.36. The summed E-state index contributed by atoms with van der Waals surface area (Å²) in [6.45, 7) is 5.24. The van der Waals surface area contributed by atoms with Gasteiger partial charge in [-0.3, -0.25) is 0 Å². The van der Waals surface area contributed by atoms with Gasteiger partial charge in [-0.25, -0.2) is 0 Å². The summed E-state index contributed by atoms with van der Waals surface area (Å²) in [5.41, 5.74) is 3.51. The van der Waals surface area contributed by atoms with Crippen LogP contribution in [0.3, 0.4) is 0 Å². The first-order valence-corrected chi connectivity index (χ1v) is 7.16. The molecule has 1 atom stereocenters. The second kappa shape index (κ2) is 6.42. The summed E-state index contributed by atoms with van der Waals surface area (Å²) in [5, 5.41) is 4.57. The number of benzene rings is 2. The predicted octanol–water partition coefficient (Wildman–Crippen LogP) is 5.33. The molecule has 2 rings (SSSR count). The highest BCUT2D eigenvalue weighted by molar-refractivity contribution is 6.42. The van der Waals surface area contributed by atoms with E-state index in [1.807, 2.05) is 18.2 Å². The minimum atomic E-state index is 0.368. The van der Waals surface area contributed by atoms with Crippen molar-refractivity contribution in [2.75, 3.05) is 6.54 Å². The second-order valence-electron chi connectivity index (χ2n) is 4.53. The van der Waals surface area contributed by atoms with Crippen LogP contribution in [0.5, 0.6) is 0 Å². The summed E-state index contributed by atoms with van der Waals surface area (Å²) in [4.78, 5) is 0. The van der Waals surface area contributed by atoms with Gasteiger partial charge in [0.2, 0.25) is 0 Å². The van der Waals surface area contributed by atoms with Crippen molar-refractivity contribution in [2.24, 2.45) is 0 Å². The lowest BCUT2D eigenvalue weighted by Crippen LogP contribution is -2.17. The first-order chi connectivity index (χ1) is 9.11. The van der Waals surface area contributed by atoms with Gasteiger partial charge in [0.25, 0.3) is 0 Å². The van der Waals surface area contributed by atoms with Crippen LogP contribution in [-0.4, -0.2) is 6.54 Å². The Hall–Kier alpha value is -1.02. The molecule has 2 aromatic rings. The highest BCUT2D eigenvalue weighted by Crippen LogP contribution is 2.29. The van der Waals surface area contributed by atoms with Crippen LogP contribution < -0.4 is 5.32 Å². The Kier molecular flexibility index (Phi) is 4.87. The Morgan fingerprint density at radius 3 is 2.16 bits per heavy atom. The van der Waals surface area contributed by atoms with Crippen molar-refractivity contribution in [3.63, 3.8) is 0 Å². The highest BCUT2D eigenvalue weighted by atomic mass is 35.5. The Bertz CT molecular complexity index is 549. The summed E-state index contributed by atoms with van der Waals surface area (Å²) >= 11 is 12.0. The van der Waals surface area contributed by atoms with Crippen molar-refractivity contribution >= 4 is 23.2 Å². The van der Waals surface area contributed by atoms with Crippen molar-refractivity contribution in [1.29, 1.82) is 0 Å². The smallest absolute Gasteiger partial charge is 0.0598 e. The van der Waals surface area contributed by atoms with Crippen LogP contribution in [0.25, 0.3) is 11.1 Å². The SMILES string of the molecule is CCNC(C)c1ccc(-c2ccc(Cl)c(Cl)c2)cc1. The Morgan fingerprint density at radius 1 is 0.947 bits per heavy atom. The fraction of sp³-hybridized carbons (Fsp3) is 0.250. The van der Waals surface area contributed by atoms with Gasteiger partial charge in [0.1, 0.15) is 0 Å². The van der Waals surface area contributed by atoms with Gasteiger partial charge < -0.3 is 5.32 Å². The van der Waals surface area contributed by atoms with E-state index in [2.05, 4.69) is 43.4 Å².